The van der Waals surface area contributed by atoms with Gasteiger partial charge in [0.15, 0.2) is 5.76 Å². The van der Waals surface area contributed by atoms with Crippen LogP contribution >= 0.6 is 12.4 Å². The molecule has 1 unspecified atom stereocenters. The molecule has 2 aromatic heterocycles. The van der Waals surface area contributed by atoms with E-state index in [2.05, 4.69) is 10.3 Å². The number of piperazine rings is 1. The first-order chi connectivity index (χ1) is 12.1. The quantitative estimate of drug-likeness (QED) is 0.744. The van der Waals surface area contributed by atoms with Crippen molar-refractivity contribution >= 4 is 29.3 Å². The number of fused-ring (bicyclic) bond motifs is 1. The fourth-order valence-corrected chi connectivity index (χ4v) is 3.40. The Morgan fingerprint density at radius 1 is 1.42 bits per heavy atom. The minimum absolute atomic E-state index is 0. The number of nitrogens with one attached hydrogen (secondary N) is 1. The van der Waals surface area contributed by atoms with Gasteiger partial charge in [0, 0.05) is 50.0 Å². The van der Waals surface area contributed by atoms with E-state index >= 15 is 0 Å². The van der Waals surface area contributed by atoms with Gasteiger partial charge in [-0.25, -0.2) is 9.37 Å². The predicted octanol–water partition coefficient (Wildman–Crippen LogP) is 2.82. The second-order valence-electron chi connectivity index (χ2n) is 6.31. The molecule has 1 fully saturated rings. The lowest BCUT2D eigenvalue weighted by Crippen LogP contribution is -2.49. The van der Waals surface area contributed by atoms with Crippen LogP contribution in [0.5, 0.6) is 0 Å². The summed E-state index contributed by atoms with van der Waals surface area (Å²) in [5.41, 5.74) is 1.18. The lowest BCUT2D eigenvalue weighted by molar-refractivity contribution is 0.0589. The summed E-state index contributed by atoms with van der Waals surface area (Å²) < 4.78 is 21.2. The summed E-state index contributed by atoms with van der Waals surface area (Å²) in [7, 11) is 1.91. The third-order valence-electron chi connectivity index (χ3n) is 4.75. The third kappa shape index (κ3) is 2.97. The van der Waals surface area contributed by atoms with Gasteiger partial charge in [-0.1, -0.05) is 0 Å². The molecule has 1 aromatic carbocycles. The van der Waals surface area contributed by atoms with E-state index in [1.807, 2.05) is 17.8 Å². The number of imidazole rings is 1. The average molecular weight is 379 g/mol. The molecular weight excluding hydrogens is 359 g/mol. The van der Waals surface area contributed by atoms with Gasteiger partial charge in [0.25, 0.3) is 5.91 Å². The van der Waals surface area contributed by atoms with Gasteiger partial charge in [-0.15, -0.1) is 12.4 Å². The van der Waals surface area contributed by atoms with E-state index in [0.717, 1.165) is 5.82 Å². The Balaban J connectivity index is 0.00000196. The Hall–Kier alpha value is -2.38. The molecule has 1 amide bonds. The van der Waals surface area contributed by atoms with E-state index in [-0.39, 0.29) is 35.9 Å². The molecule has 138 valence electrons. The number of halogens is 2. The van der Waals surface area contributed by atoms with Crippen molar-refractivity contribution in [1.29, 1.82) is 0 Å². The molecular formula is C18H20ClFN4O2. The van der Waals surface area contributed by atoms with Gasteiger partial charge in [-0.3, -0.25) is 4.79 Å². The van der Waals surface area contributed by atoms with Crippen molar-refractivity contribution < 1.29 is 13.6 Å². The highest BCUT2D eigenvalue weighted by molar-refractivity contribution is 5.99. The second-order valence-corrected chi connectivity index (χ2v) is 6.31. The standard InChI is InChI=1S/C18H19FN4O2.ClH/c1-11-13-9-12(19)3-4-15(13)25-16(11)18(24)23-8-5-20-10-14(23)17-21-6-7-22(17)2;/h3-4,6-7,9,14,20H,5,8,10H2,1-2H3;1H. The maximum atomic E-state index is 13.5. The zero-order valence-electron chi connectivity index (χ0n) is 14.5. The van der Waals surface area contributed by atoms with Gasteiger partial charge in [-0.05, 0) is 25.1 Å². The van der Waals surface area contributed by atoms with E-state index < -0.39 is 0 Å². The van der Waals surface area contributed by atoms with Crippen LogP contribution in [0.2, 0.25) is 0 Å². The number of hydrogen-bond donors (Lipinski definition) is 1. The van der Waals surface area contributed by atoms with Crippen LogP contribution < -0.4 is 5.32 Å². The van der Waals surface area contributed by atoms with Crippen LogP contribution in [-0.2, 0) is 7.05 Å². The van der Waals surface area contributed by atoms with E-state index in [1.54, 1.807) is 24.1 Å². The summed E-state index contributed by atoms with van der Waals surface area (Å²) in [6.45, 7) is 3.68. The lowest BCUT2D eigenvalue weighted by atomic mass is 10.1. The molecule has 26 heavy (non-hydrogen) atoms. The Labute approximate surface area is 156 Å². The molecule has 3 heterocycles. The van der Waals surface area contributed by atoms with Crippen molar-refractivity contribution in [1.82, 2.24) is 19.8 Å². The van der Waals surface area contributed by atoms with Crippen molar-refractivity contribution in [3.8, 4) is 0 Å². The highest BCUT2D eigenvalue weighted by Crippen LogP contribution is 2.29. The molecule has 1 saturated heterocycles. The van der Waals surface area contributed by atoms with Crippen LogP contribution in [0.15, 0.2) is 35.0 Å². The highest BCUT2D eigenvalue weighted by Gasteiger charge is 2.33. The molecule has 6 nitrogen and oxygen atoms in total. The van der Waals surface area contributed by atoms with Crippen LogP contribution in [-0.4, -0.2) is 40.0 Å². The van der Waals surface area contributed by atoms with Crippen molar-refractivity contribution in [3.05, 3.63) is 53.6 Å². The maximum absolute atomic E-state index is 13.5. The molecule has 0 radical (unpaired) electrons. The Morgan fingerprint density at radius 3 is 2.96 bits per heavy atom. The van der Waals surface area contributed by atoms with Crippen LogP contribution in [0, 0.1) is 12.7 Å². The molecule has 0 bridgehead atoms. The number of amides is 1. The van der Waals surface area contributed by atoms with Crippen molar-refractivity contribution in [3.63, 3.8) is 0 Å². The molecule has 3 aromatic rings. The summed E-state index contributed by atoms with van der Waals surface area (Å²) in [4.78, 5) is 19.3. The Bertz CT molecular complexity index is 952. The van der Waals surface area contributed by atoms with Crippen molar-refractivity contribution in [2.75, 3.05) is 19.6 Å². The molecule has 4 rings (SSSR count). The monoisotopic (exact) mass is 378 g/mol. The predicted molar refractivity (Wildman–Crippen MR) is 98.0 cm³/mol. The second kappa shape index (κ2) is 7.09. The van der Waals surface area contributed by atoms with E-state index in [0.29, 0.717) is 36.2 Å². The number of hydrogen-bond acceptors (Lipinski definition) is 4. The number of nitrogens with zero attached hydrogens (tertiary/aromatic N) is 3. The topological polar surface area (TPSA) is 63.3 Å². The number of furan rings is 1. The Kier molecular flexibility index (Phi) is 5.02. The zero-order valence-corrected chi connectivity index (χ0v) is 15.3. The van der Waals surface area contributed by atoms with Gasteiger partial charge in [0.2, 0.25) is 0 Å². The van der Waals surface area contributed by atoms with Gasteiger partial charge in [0.05, 0.1) is 0 Å². The van der Waals surface area contributed by atoms with Crippen LogP contribution in [0.25, 0.3) is 11.0 Å². The van der Waals surface area contributed by atoms with E-state index in [9.17, 15) is 9.18 Å². The summed E-state index contributed by atoms with van der Waals surface area (Å²) in [5.74, 6) is 0.550. The van der Waals surface area contributed by atoms with Crippen LogP contribution in [0.3, 0.4) is 0 Å². The fraction of sp³-hybridized carbons (Fsp3) is 0.333. The molecule has 8 heteroatoms. The van der Waals surface area contributed by atoms with Gasteiger partial charge < -0.3 is 19.2 Å². The Morgan fingerprint density at radius 2 is 2.23 bits per heavy atom. The summed E-state index contributed by atoms with van der Waals surface area (Å²) in [6.07, 6.45) is 3.59. The van der Waals surface area contributed by atoms with E-state index in [1.165, 1.54) is 12.1 Å². The van der Waals surface area contributed by atoms with Crippen molar-refractivity contribution in [2.45, 2.75) is 13.0 Å². The zero-order chi connectivity index (χ0) is 17.6. The first kappa shape index (κ1) is 18.4. The number of carbonyl (C=O) groups is 1. The molecule has 1 N–H and O–H groups in total. The first-order valence-corrected chi connectivity index (χ1v) is 8.24. The molecule has 1 atom stereocenters. The molecule has 0 aliphatic carbocycles. The number of carbonyl (C=O) groups excluding carboxylic acids is 1. The largest absolute Gasteiger partial charge is 0.451 e. The number of aromatic nitrogens is 2. The minimum Gasteiger partial charge on any atom is -0.451 e. The van der Waals surface area contributed by atoms with Gasteiger partial charge in [-0.2, -0.15) is 0 Å². The lowest BCUT2D eigenvalue weighted by Gasteiger charge is -2.35. The summed E-state index contributed by atoms with van der Waals surface area (Å²) >= 11 is 0. The van der Waals surface area contributed by atoms with Crippen molar-refractivity contribution in [2.24, 2.45) is 7.05 Å². The molecule has 1 aliphatic heterocycles. The smallest absolute Gasteiger partial charge is 0.290 e. The third-order valence-corrected chi connectivity index (χ3v) is 4.75. The molecule has 1 aliphatic rings. The SMILES string of the molecule is Cc1c(C(=O)N2CCNCC2c2nccn2C)oc2ccc(F)cc12.Cl. The maximum Gasteiger partial charge on any atom is 0.290 e. The number of rotatable bonds is 2. The van der Waals surface area contributed by atoms with E-state index in [4.69, 9.17) is 4.42 Å². The normalized spacial score (nSPS) is 17.3. The summed E-state index contributed by atoms with van der Waals surface area (Å²) in [6, 6.07) is 4.12. The average Bonchev–Trinajstić information content (AvgIpc) is 3.18. The number of aryl methyl sites for hydroxylation is 2. The van der Waals surface area contributed by atoms with Gasteiger partial charge >= 0.3 is 0 Å². The summed E-state index contributed by atoms with van der Waals surface area (Å²) in [5, 5.41) is 3.94. The highest BCUT2D eigenvalue weighted by atomic mass is 35.5. The fourth-order valence-electron chi connectivity index (χ4n) is 3.40. The van der Waals surface area contributed by atoms with Crippen LogP contribution in [0.1, 0.15) is 28.0 Å². The number of benzene rings is 1. The molecule has 0 saturated carbocycles. The first-order valence-electron chi connectivity index (χ1n) is 8.24. The molecule has 0 spiro atoms. The van der Waals surface area contributed by atoms with Gasteiger partial charge in [0.1, 0.15) is 23.3 Å². The minimum atomic E-state index is -0.344. The van der Waals surface area contributed by atoms with Crippen LogP contribution in [0.4, 0.5) is 4.39 Å².